The number of methoxy groups -OCH3 is 4. The van der Waals surface area contributed by atoms with Gasteiger partial charge < -0.3 is 18.9 Å². The molecule has 152 valence electrons. The minimum atomic E-state index is -0.290. The molecule has 0 N–H and O–H groups in total. The van der Waals surface area contributed by atoms with Crippen LogP contribution in [0.1, 0.15) is 17.5 Å². The summed E-state index contributed by atoms with van der Waals surface area (Å²) in [5.41, 5.74) is 1.54. The molecule has 0 spiro atoms. The number of ether oxygens (including phenoxy) is 4. The van der Waals surface area contributed by atoms with Crippen molar-refractivity contribution in [3.8, 4) is 23.0 Å². The van der Waals surface area contributed by atoms with Gasteiger partial charge in [0.2, 0.25) is 0 Å². The maximum Gasteiger partial charge on any atom is 0.163 e. The van der Waals surface area contributed by atoms with Gasteiger partial charge in [0.05, 0.1) is 34.9 Å². The Bertz CT molecular complexity index is 851. The fourth-order valence-electron chi connectivity index (χ4n) is 2.58. The van der Waals surface area contributed by atoms with Gasteiger partial charge in [-0.25, -0.2) is 0 Å². The van der Waals surface area contributed by atoms with Crippen LogP contribution in [0.4, 0.5) is 0 Å². The highest BCUT2D eigenvalue weighted by atomic mass is 16.5. The average molecular weight is 396 g/mol. The van der Waals surface area contributed by atoms with E-state index < -0.39 is 0 Å². The molecule has 6 nitrogen and oxygen atoms in total. The minimum absolute atomic E-state index is 0.215. The van der Waals surface area contributed by atoms with Crippen molar-refractivity contribution in [2.24, 2.45) is 0 Å². The van der Waals surface area contributed by atoms with Gasteiger partial charge in [0, 0.05) is 0 Å². The van der Waals surface area contributed by atoms with Gasteiger partial charge in [-0.05, 0) is 47.5 Å². The number of benzene rings is 2. The number of ketones is 2. The molecular formula is C23H24O6. The predicted molar refractivity (Wildman–Crippen MR) is 112 cm³/mol. The van der Waals surface area contributed by atoms with Gasteiger partial charge in [-0.1, -0.05) is 24.3 Å². The van der Waals surface area contributed by atoms with E-state index in [1.165, 1.54) is 12.2 Å². The maximum atomic E-state index is 12.1. The van der Waals surface area contributed by atoms with Crippen LogP contribution in [0.15, 0.2) is 48.6 Å². The Labute approximate surface area is 170 Å². The molecule has 6 heteroatoms. The predicted octanol–water partition coefficient (Wildman–Crippen LogP) is 3.98. The van der Waals surface area contributed by atoms with Crippen molar-refractivity contribution in [1.29, 1.82) is 0 Å². The van der Waals surface area contributed by atoms with Crippen molar-refractivity contribution in [1.82, 2.24) is 0 Å². The van der Waals surface area contributed by atoms with Crippen LogP contribution in [0.3, 0.4) is 0 Å². The molecule has 0 unspecified atom stereocenters. The lowest BCUT2D eigenvalue weighted by Gasteiger charge is -2.07. The van der Waals surface area contributed by atoms with Crippen LogP contribution in [-0.2, 0) is 9.59 Å². The summed E-state index contributed by atoms with van der Waals surface area (Å²) < 4.78 is 20.8. The van der Waals surface area contributed by atoms with E-state index in [1.807, 2.05) is 0 Å². The summed E-state index contributed by atoms with van der Waals surface area (Å²) >= 11 is 0. The van der Waals surface area contributed by atoms with Crippen molar-refractivity contribution in [2.45, 2.75) is 6.42 Å². The van der Waals surface area contributed by atoms with Gasteiger partial charge in [0.25, 0.3) is 0 Å². The van der Waals surface area contributed by atoms with Crippen LogP contribution in [0.25, 0.3) is 12.2 Å². The summed E-state index contributed by atoms with van der Waals surface area (Å²) in [6, 6.07) is 10.6. The van der Waals surface area contributed by atoms with Crippen LogP contribution in [-0.4, -0.2) is 40.0 Å². The number of carbonyl (C=O) groups is 2. The van der Waals surface area contributed by atoms with E-state index >= 15 is 0 Å². The van der Waals surface area contributed by atoms with Gasteiger partial charge in [-0.2, -0.15) is 0 Å². The van der Waals surface area contributed by atoms with Crippen molar-refractivity contribution in [3.63, 3.8) is 0 Å². The van der Waals surface area contributed by atoms with E-state index in [1.54, 1.807) is 77.0 Å². The minimum Gasteiger partial charge on any atom is -0.493 e. The molecule has 0 amide bonds. The number of rotatable bonds is 10. The Morgan fingerprint density at radius 2 is 1.03 bits per heavy atom. The summed E-state index contributed by atoms with van der Waals surface area (Å²) in [4.78, 5) is 24.1. The summed E-state index contributed by atoms with van der Waals surface area (Å²) in [6.45, 7) is 0. The Hall–Kier alpha value is -3.54. The van der Waals surface area contributed by atoms with Gasteiger partial charge in [-0.15, -0.1) is 0 Å². The van der Waals surface area contributed by atoms with E-state index in [2.05, 4.69) is 0 Å². The highest BCUT2D eigenvalue weighted by Gasteiger charge is 2.07. The first-order valence-electron chi connectivity index (χ1n) is 8.86. The van der Waals surface area contributed by atoms with Crippen LogP contribution in [0.2, 0.25) is 0 Å². The van der Waals surface area contributed by atoms with Gasteiger partial charge in [0.1, 0.15) is 0 Å². The molecule has 0 aliphatic heterocycles. The summed E-state index contributed by atoms with van der Waals surface area (Å²) in [7, 11) is 6.19. The van der Waals surface area contributed by atoms with Gasteiger partial charge in [0.15, 0.2) is 34.6 Å². The molecule has 2 rings (SSSR count). The molecule has 0 saturated carbocycles. The number of carbonyl (C=O) groups excluding carboxylic acids is 2. The molecule has 29 heavy (non-hydrogen) atoms. The van der Waals surface area contributed by atoms with Crippen LogP contribution in [0.5, 0.6) is 23.0 Å². The highest BCUT2D eigenvalue weighted by molar-refractivity contribution is 6.10. The fraction of sp³-hybridized carbons (Fsp3) is 0.217. The first-order chi connectivity index (χ1) is 14.0. The Balaban J connectivity index is 1.97. The largest absolute Gasteiger partial charge is 0.493 e. The normalized spacial score (nSPS) is 10.9. The summed E-state index contributed by atoms with van der Waals surface area (Å²) in [5.74, 6) is 1.76. The second-order valence-electron chi connectivity index (χ2n) is 6.00. The second-order valence-corrected chi connectivity index (χ2v) is 6.00. The Morgan fingerprint density at radius 1 is 0.655 bits per heavy atom. The van der Waals surface area contributed by atoms with Gasteiger partial charge >= 0.3 is 0 Å². The molecule has 2 aromatic rings. The van der Waals surface area contributed by atoms with Crippen molar-refractivity contribution < 1.29 is 28.5 Å². The Kier molecular flexibility index (Phi) is 8.03. The van der Waals surface area contributed by atoms with Crippen LogP contribution < -0.4 is 18.9 Å². The topological polar surface area (TPSA) is 71.1 Å². The third kappa shape index (κ3) is 6.24. The molecule has 0 radical (unpaired) electrons. The van der Waals surface area contributed by atoms with E-state index in [4.69, 9.17) is 18.9 Å². The first kappa shape index (κ1) is 21.8. The van der Waals surface area contributed by atoms with Crippen molar-refractivity contribution in [2.75, 3.05) is 28.4 Å². The number of hydrogen-bond donors (Lipinski definition) is 0. The van der Waals surface area contributed by atoms with Crippen LogP contribution in [0, 0.1) is 0 Å². The molecule has 0 aliphatic rings. The molecule has 0 aliphatic carbocycles. The third-order valence-corrected chi connectivity index (χ3v) is 4.09. The number of hydrogen-bond acceptors (Lipinski definition) is 6. The maximum absolute atomic E-state index is 12.1. The van der Waals surface area contributed by atoms with E-state index in [-0.39, 0.29) is 18.0 Å². The van der Waals surface area contributed by atoms with Crippen molar-refractivity contribution >= 4 is 23.7 Å². The zero-order valence-corrected chi connectivity index (χ0v) is 16.9. The molecule has 0 atom stereocenters. The van der Waals surface area contributed by atoms with Crippen LogP contribution >= 0.6 is 0 Å². The highest BCUT2D eigenvalue weighted by Crippen LogP contribution is 2.28. The zero-order chi connectivity index (χ0) is 21.2. The number of allylic oxidation sites excluding steroid dienone is 2. The lowest BCUT2D eigenvalue weighted by atomic mass is 10.1. The molecule has 0 aromatic heterocycles. The van der Waals surface area contributed by atoms with E-state index in [0.29, 0.717) is 23.0 Å². The smallest absolute Gasteiger partial charge is 0.163 e. The lowest BCUT2D eigenvalue weighted by molar-refractivity contribution is -0.121. The molecular weight excluding hydrogens is 372 g/mol. The van der Waals surface area contributed by atoms with E-state index in [9.17, 15) is 9.59 Å². The third-order valence-electron chi connectivity index (χ3n) is 4.09. The average Bonchev–Trinajstić information content (AvgIpc) is 2.75. The molecule has 2 aromatic carbocycles. The summed E-state index contributed by atoms with van der Waals surface area (Å²) in [6.07, 6.45) is 5.81. The summed E-state index contributed by atoms with van der Waals surface area (Å²) in [5, 5.41) is 0. The Morgan fingerprint density at radius 3 is 1.38 bits per heavy atom. The quantitative estimate of drug-likeness (QED) is 0.447. The molecule has 0 bridgehead atoms. The molecule has 0 fully saturated rings. The molecule has 0 saturated heterocycles. The lowest BCUT2D eigenvalue weighted by Crippen LogP contribution is -2.02. The molecule has 0 heterocycles. The second kappa shape index (κ2) is 10.7. The zero-order valence-electron chi connectivity index (χ0n) is 16.9. The van der Waals surface area contributed by atoms with Crippen molar-refractivity contribution in [3.05, 3.63) is 59.7 Å². The SMILES string of the molecule is COc1ccc(C=CC(=O)CC(=O)C=Cc2ccc(OC)c(OC)c2)cc1OC. The standard InChI is InChI=1S/C23H24O6/c1-26-20-11-7-16(13-22(20)28-3)5-9-18(24)15-19(25)10-6-17-8-12-21(27-2)23(14-17)29-4/h5-14H,15H2,1-4H3. The van der Waals surface area contributed by atoms with Gasteiger partial charge in [-0.3, -0.25) is 9.59 Å². The fourth-order valence-corrected chi connectivity index (χ4v) is 2.58. The van der Waals surface area contributed by atoms with E-state index in [0.717, 1.165) is 11.1 Å². The monoisotopic (exact) mass is 396 g/mol. The first-order valence-corrected chi connectivity index (χ1v) is 8.86.